The largest absolute Gasteiger partial charge is 0.396 e. The van der Waals surface area contributed by atoms with Gasteiger partial charge in [-0.2, -0.15) is 0 Å². The maximum absolute atomic E-state index is 13.4. The zero-order chi connectivity index (χ0) is 15.6. The van der Waals surface area contributed by atoms with Crippen LogP contribution in [0.2, 0.25) is 5.02 Å². The molecule has 0 radical (unpaired) electrons. The van der Waals surface area contributed by atoms with Gasteiger partial charge < -0.3 is 5.73 Å². The monoisotopic (exact) mass is 332 g/mol. The molecule has 2 aromatic rings. The zero-order valence-electron chi connectivity index (χ0n) is 10.6. The summed E-state index contributed by atoms with van der Waals surface area (Å²) in [4.78, 5) is -0.362. The summed E-state index contributed by atoms with van der Waals surface area (Å²) in [7, 11) is -4.04. The van der Waals surface area contributed by atoms with Gasteiger partial charge in [0.25, 0.3) is 0 Å². The van der Waals surface area contributed by atoms with Gasteiger partial charge in [0.1, 0.15) is 16.5 Å². The van der Waals surface area contributed by atoms with Crippen LogP contribution in [0.15, 0.2) is 41.3 Å². The Morgan fingerprint density at radius 1 is 1.14 bits per heavy atom. The highest BCUT2D eigenvalue weighted by Gasteiger charge is 2.20. The second-order valence-electron chi connectivity index (χ2n) is 4.22. The van der Waals surface area contributed by atoms with E-state index in [9.17, 15) is 17.2 Å². The lowest BCUT2D eigenvalue weighted by Crippen LogP contribution is -2.24. The molecule has 2 rings (SSSR count). The van der Waals surface area contributed by atoms with Crippen molar-refractivity contribution in [2.24, 2.45) is 0 Å². The van der Waals surface area contributed by atoms with E-state index in [2.05, 4.69) is 4.72 Å². The number of halogens is 3. The van der Waals surface area contributed by atoms with Crippen LogP contribution in [0.4, 0.5) is 14.5 Å². The Morgan fingerprint density at radius 2 is 1.81 bits per heavy atom. The standard InChI is InChI=1S/C13H11ClF2N2O2S/c14-9-5-11(16)12(17)6-13(9)21(19,20)18-7-8-3-1-2-4-10(8)15/h1-6,18H,7,17H2. The SMILES string of the molecule is Nc1cc(S(=O)(=O)NCc2ccccc2F)c(Cl)cc1F. The summed E-state index contributed by atoms with van der Waals surface area (Å²) in [5, 5.41) is -0.303. The molecule has 0 aliphatic rings. The number of hydrogen-bond donors (Lipinski definition) is 2. The first-order chi connectivity index (χ1) is 9.81. The first-order valence-corrected chi connectivity index (χ1v) is 7.65. The average Bonchev–Trinajstić information content (AvgIpc) is 2.42. The predicted molar refractivity (Wildman–Crippen MR) is 76.2 cm³/mol. The molecule has 0 amide bonds. The van der Waals surface area contributed by atoms with Crippen LogP contribution in [0, 0.1) is 11.6 Å². The fourth-order valence-electron chi connectivity index (χ4n) is 1.64. The summed E-state index contributed by atoms with van der Waals surface area (Å²) >= 11 is 5.71. The quantitative estimate of drug-likeness (QED) is 0.845. The number of benzene rings is 2. The van der Waals surface area contributed by atoms with Gasteiger partial charge in [-0.05, 0) is 18.2 Å². The van der Waals surface area contributed by atoms with Crippen LogP contribution in [-0.4, -0.2) is 8.42 Å². The molecule has 3 N–H and O–H groups in total. The first kappa shape index (κ1) is 15.7. The number of rotatable bonds is 4. The van der Waals surface area contributed by atoms with Crippen molar-refractivity contribution in [2.75, 3.05) is 5.73 Å². The lowest BCUT2D eigenvalue weighted by atomic mass is 10.2. The molecule has 4 nitrogen and oxygen atoms in total. The Bertz CT molecular complexity index is 782. The molecular formula is C13H11ClF2N2O2S. The van der Waals surface area contributed by atoms with E-state index in [1.165, 1.54) is 18.2 Å². The Morgan fingerprint density at radius 3 is 2.48 bits per heavy atom. The lowest BCUT2D eigenvalue weighted by Gasteiger charge is -2.10. The van der Waals surface area contributed by atoms with Crippen LogP contribution in [0.5, 0.6) is 0 Å². The van der Waals surface area contributed by atoms with Crippen LogP contribution in [0.25, 0.3) is 0 Å². The molecule has 112 valence electrons. The molecule has 0 aromatic heterocycles. The third-order valence-corrected chi connectivity index (χ3v) is 4.62. The highest BCUT2D eigenvalue weighted by molar-refractivity contribution is 7.89. The Kier molecular flexibility index (Phi) is 4.46. The first-order valence-electron chi connectivity index (χ1n) is 5.79. The van der Waals surface area contributed by atoms with Crippen molar-refractivity contribution in [1.82, 2.24) is 4.72 Å². The van der Waals surface area contributed by atoms with Gasteiger partial charge >= 0.3 is 0 Å². The summed E-state index contributed by atoms with van der Waals surface area (Å²) in [6, 6.07) is 7.46. The molecule has 0 atom stereocenters. The van der Waals surface area contributed by atoms with Gasteiger partial charge in [-0.15, -0.1) is 0 Å². The number of nitrogens with two attached hydrogens (primary N) is 1. The van der Waals surface area contributed by atoms with E-state index in [-0.39, 0.29) is 27.7 Å². The maximum Gasteiger partial charge on any atom is 0.242 e. The summed E-state index contributed by atoms with van der Waals surface area (Å²) < 4.78 is 53.0. The molecule has 0 fully saturated rings. The van der Waals surface area contributed by atoms with Crippen LogP contribution in [-0.2, 0) is 16.6 Å². The Balaban J connectivity index is 2.27. The molecule has 0 unspecified atom stereocenters. The third-order valence-electron chi connectivity index (χ3n) is 2.75. The fraction of sp³-hybridized carbons (Fsp3) is 0.0769. The van der Waals surface area contributed by atoms with Gasteiger partial charge in [0.05, 0.1) is 10.7 Å². The molecule has 8 heteroatoms. The van der Waals surface area contributed by atoms with E-state index >= 15 is 0 Å². The normalized spacial score (nSPS) is 11.6. The molecular weight excluding hydrogens is 322 g/mol. The van der Waals surface area contributed by atoms with Gasteiger partial charge in [-0.1, -0.05) is 29.8 Å². The van der Waals surface area contributed by atoms with E-state index < -0.39 is 21.7 Å². The fourth-order valence-corrected chi connectivity index (χ4v) is 3.20. The molecule has 0 heterocycles. The van der Waals surface area contributed by atoms with Crippen molar-refractivity contribution in [2.45, 2.75) is 11.4 Å². The molecule has 0 aliphatic heterocycles. The Labute approximate surface area is 125 Å². The number of sulfonamides is 1. The minimum atomic E-state index is -4.04. The van der Waals surface area contributed by atoms with Gasteiger partial charge in [0.15, 0.2) is 0 Å². The topological polar surface area (TPSA) is 72.2 Å². The summed E-state index contributed by atoms with van der Waals surface area (Å²) in [5.41, 5.74) is 5.16. The zero-order valence-corrected chi connectivity index (χ0v) is 12.2. The lowest BCUT2D eigenvalue weighted by molar-refractivity contribution is 0.574. The third kappa shape index (κ3) is 3.49. The van der Waals surface area contributed by atoms with Crippen molar-refractivity contribution in [3.63, 3.8) is 0 Å². The predicted octanol–water partition coefficient (Wildman–Crippen LogP) is 2.68. The number of nitrogens with one attached hydrogen (secondary N) is 1. The van der Waals surface area contributed by atoms with Gasteiger partial charge in [0.2, 0.25) is 10.0 Å². The van der Waals surface area contributed by atoms with Gasteiger partial charge in [0, 0.05) is 12.1 Å². The van der Waals surface area contributed by atoms with Crippen LogP contribution < -0.4 is 10.5 Å². The minimum Gasteiger partial charge on any atom is -0.396 e. The van der Waals surface area contributed by atoms with Crippen LogP contribution in [0.3, 0.4) is 0 Å². The van der Waals surface area contributed by atoms with E-state index in [4.69, 9.17) is 17.3 Å². The van der Waals surface area contributed by atoms with Crippen LogP contribution >= 0.6 is 11.6 Å². The molecule has 2 aromatic carbocycles. The van der Waals surface area contributed by atoms with Crippen molar-refractivity contribution >= 4 is 27.3 Å². The summed E-state index contributed by atoms with van der Waals surface area (Å²) in [6.45, 7) is -0.261. The number of hydrogen-bond acceptors (Lipinski definition) is 3. The van der Waals surface area contributed by atoms with Crippen molar-refractivity contribution in [3.05, 3.63) is 58.6 Å². The second kappa shape index (κ2) is 5.97. The molecule has 0 saturated carbocycles. The van der Waals surface area contributed by atoms with E-state index in [1.807, 2.05) is 0 Å². The van der Waals surface area contributed by atoms with Crippen molar-refractivity contribution in [3.8, 4) is 0 Å². The number of anilines is 1. The van der Waals surface area contributed by atoms with Crippen LogP contribution in [0.1, 0.15) is 5.56 Å². The van der Waals surface area contributed by atoms with Crippen molar-refractivity contribution in [1.29, 1.82) is 0 Å². The smallest absolute Gasteiger partial charge is 0.242 e. The molecule has 0 aliphatic carbocycles. The Hall–Kier alpha value is -1.70. The minimum absolute atomic E-state index is 0.173. The average molecular weight is 333 g/mol. The highest BCUT2D eigenvalue weighted by Crippen LogP contribution is 2.26. The summed E-state index contributed by atoms with van der Waals surface area (Å²) in [6.07, 6.45) is 0. The molecule has 0 saturated heterocycles. The van der Waals surface area contributed by atoms with Crippen molar-refractivity contribution < 1.29 is 17.2 Å². The van der Waals surface area contributed by atoms with E-state index in [1.54, 1.807) is 6.07 Å². The second-order valence-corrected chi connectivity index (χ2v) is 6.36. The summed E-state index contributed by atoms with van der Waals surface area (Å²) in [5.74, 6) is -1.35. The molecule has 21 heavy (non-hydrogen) atoms. The van der Waals surface area contributed by atoms with Gasteiger partial charge in [-0.25, -0.2) is 21.9 Å². The van der Waals surface area contributed by atoms with E-state index in [0.29, 0.717) is 0 Å². The molecule has 0 spiro atoms. The van der Waals surface area contributed by atoms with E-state index in [0.717, 1.165) is 12.1 Å². The maximum atomic E-state index is 13.4. The molecule has 0 bridgehead atoms. The van der Waals surface area contributed by atoms with Gasteiger partial charge in [-0.3, -0.25) is 0 Å². The number of nitrogen functional groups attached to an aromatic ring is 1. The highest BCUT2D eigenvalue weighted by atomic mass is 35.5.